The van der Waals surface area contributed by atoms with Gasteiger partial charge in [-0.3, -0.25) is 4.79 Å². The molecule has 7 heteroatoms. The van der Waals surface area contributed by atoms with Crippen LogP contribution in [0.3, 0.4) is 0 Å². The van der Waals surface area contributed by atoms with Crippen LogP contribution < -0.4 is 10.9 Å². The van der Waals surface area contributed by atoms with Crippen LogP contribution in [0.2, 0.25) is 0 Å². The highest BCUT2D eigenvalue weighted by Crippen LogP contribution is 2.18. The molecule has 1 aromatic rings. The van der Waals surface area contributed by atoms with E-state index in [9.17, 15) is 4.79 Å². The van der Waals surface area contributed by atoms with Gasteiger partial charge in [0.15, 0.2) is 0 Å². The number of rotatable bonds is 6. The van der Waals surface area contributed by atoms with Crippen molar-refractivity contribution >= 4 is 21.6 Å². The summed E-state index contributed by atoms with van der Waals surface area (Å²) in [6.07, 6.45) is 5.34. The van der Waals surface area contributed by atoms with Crippen LogP contribution in [-0.2, 0) is 11.3 Å². The van der Waals surface area contributed by atoms with Gasteiger partial charge in [0.25, 0.3) is 5.56 Å². The van der Waals surface area contributed by atoms with E-state index in [0.29, 0.717) is 17.6 Å². The molecule has 1 fully saturated rings. The second-order valence-electron chi connectivity index (χ2n) is 5.57. The molecular weight excluding hydrogens is 336 g/mol. The summed E-state index contributed by atoms with van der Waals surface area (Å²) >= 11 is 3.37. The average Bonchev–Trinajstić information content (AvgIpc) is 2.48. The SMILES string of the molecule is CN(C)CCn1ncc(NCC2CCCCO2)c(Br)c1=O. The zero-order chi connectivity index (χ0) is 15.2. The van der Waals surface area contributed by atoms with Crippen molar-refractivity contribution in [1.29, 1.82) is 0 Å². The minimum Gasteiger partial charge on any atom is -0.380 e. The highest BCUT2D eigenvalue weighted by atomic mass is 79.9. The predicted octanol–water partition coefficient (Wildman–Crippen LogP) is 1.55. The molecule has 0 spiro atoms. The molecule has 21 heavy (non-hydrogen) atoms. The number of anilines is 1. The molecule has 0 saturated carbocycles. The predicted molar refractivity (Wildman–Crippen MR) is 86.8 cm³/mol. The number of nitrogens with one attached hydrogen (secondary N) is 1. The minimum atomic E-state index is -0.105. The zero-order valence-electron chi connectivity index (χ0n) is 12.6. The Labute approximate surface area is 133 Å². The van der Waals surface area contributed by atoms with E-state index in [4.69, 9.17) is 4.74 Å². The third kappa shape index (κ3) is 4.79. The number of aromatic nitrogens is 2. The van der Waals surface area contributed by atoms with Crippen molar-refractivity contribution in [3.63, 3.8) is 0 Å². The number of ether oxygens (including phenoxy) is 1. The van der Waals surface area contributed by atoms with E-state index < -0.39 is 0 Å². The van der Waals surface area contributed by atoms with Crippen molar-refractivity contribution in [2.75, 3.05) is 39.1 Å². The van der Waals surface area contributed by atoms with Crippen LogP contribution in [0.4, 0.5) is 5.69 Å². The maximum Gasteiger partial charge on any atom is 0.283 e. The number of likely N-dealkylation sites (N-methyl/N-ethyl adjacent to an activating group) is 1. The minimum absolute atomic E-state index is 0.105. The molecular formula is C14H23BrN4O2. The van der Waals surface area contributed by atoms with E-state index >= 15 is 0 Å². The largest absolute Gasteiger partial charge is 0.380 e. The molecule has 0 aliphatic carbocycles. The molecule has 1 aromatic heterocycles. The smallest absolute Gasteiger partial charge is 0.283 e. The summed E-state index contributed by atoms with van der Waals surface area (Å²) in [6.45, 7) is 2.90. The van der Waals surface area contributed by atoms with Crippen LogP contribution in [0.5, 0.6) is 0 Å². The molecule has 1 unspecified atom stereocenters. The van der Waals surface area contributed by atoms with Crippen LogP contribution >= 0.6 is 15.9 Å². The van der Waals surface area contributed by atoms with Gasteiger partial charge in [-0.25, -0.2) is 4.68 Å². The Hall–Kier alpha value is -0.920. The summed E-state index contributed by atoms with van der Waals surface area (Å²) in [7, 11) is 3.94. The van der Waals surface area contributed by atoms with E-state index in [2.05, 4.69) is 26.3 Å². The van der Waals surface area contributed by atoms with Gasteiger partial charge in [0.05, 0.1) is 24.5 Å². The fourth-order valence-electron chi connectivity index (χ4n) is 2.23. The first-order valence-electron chi connectivity index (χ1n) is 7.33. The molecule has 1 aliphatic heterocycles. The van der Waals surface area contributed by atoms with Gasteiger partial charge in [0.1, 0.15) is 4.47 Å². The Morgan fingerprint density at radius 2 is 2.33 bits per heavy atom. The standard InChI is InChI=1S/C14H23BrN4O2/c1-18(2)6-7-19-14(20)13(15)12(10-17-19)16-9-11-5-3-4-8-21-11/h10-11,16H,3-9H2,1-2H3. The van der Waals surface area contributed by atoms with E-state index in [1.54, 1.807) is 6.20 Å². The zero-order valence-corrected chi connectivity index (χ0v) is 14.2. The molecule has 1 saturated heterocycles. The topological polar surface area (TPSA) is 59.4 Å². The van der Waals surface area contributed by atoms with Gasteiger partial charge in [-0.2, -0.15) is 5.10 Å². The quantitative estimate of drug-likeness (QED) is 0.835. The van der Waals surface area contributed by atoms with Crippen LogP contribution in [-0.4, -0.2) is 54.6 Å². The van der Waals surface area contributed by atoms with Gasteiger partial charge in [0, 0.05) is 19.7 Å². The van der Waals surface area contributed by atoms with Crippen molar-refractivity contribution in [3.05, 3.63) is 21.0 Å². The highest BCUT2D eigenvalue weighted by molar-refractivity contribution is 9.10. The summed E-state index contributed by atoms with van der Waals surface area (Å²) in [5.41, 5.74) is 0.627. The monoisotopic (exact) mass is 358 g/mol. The Morgan fingerprint density at radius 3 is 3.00 bits per heavy atom. The summed E-state index contributed by atoms with van der Waals surface area (Å²) in [6, 6.07) is 0. The second-order valence-corrected chi connectivity index (χ2v) is 6.37. The molecule has 1 aliphatic rings. The first-order valence-corrected chi connectivity index (χ1v) is 8.13. The van der Waals surface area contributed by atoms with E-state index in [-0.39, 0.29) is 11.7 Å². The number of hydrogen-bond donors (Lipinski definition) is 1. The lowest BCUT2D eigenvalue weighted by Gasteiger charge is -2.23. The van der Waals surface area contributed by atoms with Crippen molar-refractivity contribution in [3.8, 4) is 0 Å². The summed E-state index contributed by atoms with van der Waals surface area (Å²) < 4.78 is 7.68. The van der Waals surface area contributed by atoms with Gasteiger partial charge >= 0.3 is 0 Å². The van der Waals surface area contributed by atoms with Crippen molar-refractivity contribution in [1.82, 2.24) is 14.7 Å². The fourth-order valence-corrected chi connectivity index (χ4v) is 2.68. The van der Waals surface area contributed by atoms with Gasteiger partial charge in [-0.05, 0) is 49.3 Å². The fraction of sp³-hybridized carbons (Fsp3) is 0.714. The van der Waals surface area contributed by atoms with E-state index in [1.165, 1.54) is 11.1 Å². The van der Waals surface area contributed by atoms with Crippen LogP contribution in [0.25, 0.3) is 0 Å². The lowest BCUT2D eigenvalue weighted by Crippen LogP contribution is -2.31. The third-order valence-electron chi connectivity index (χ3n) is 3.54. The summed E-state index contributed by atoms with van der Waals surface area (Å²) in [5, 5.41) is 7.48. The van der Waals surface area contributed by atoms with Gasteiger partial charge in [-0.15, -0.1) is 0 Å². The Bertz CT molecular complexity index is 512. The van der Waals surface area contributed by atoms with Crippen LogP contribution in [0.15, 0.2) is 15.5 Å². The third-order valence-corrected chi connectivity index (χ3v) is 4.30. The van der Waals surface area contributed by atoms with Crippen molar-refractivity contribution in [2.24, 2.45) is 0 Å². The average molecular weight is 359 g/mol. The molecule has 2 heterocycles. The maximum atomic E-state index is 12.2. The number of nitrogens with zero attached hydrogens (tertiary/aromatic N) is 3. The highest BCUT2D eigenvalue weighted by Gasteiger charge is 2.15. The van der Waals surface area contributed by atoms with Crippen molar-refractivity contribution in [2.45, 2.75) is 31.9 Å². The second kappa shape index (κ2) is 7.91. The normalized spacial score (nSPS) is 19.0. The number of halogens is 1. The Kier molecular flexibility index (Phi) is 6.20. The molecule has 2 rings (SSSR count). The molecule has 6 nitrogen and oxygen atoms in total. The van der Waals surface area contributed by atoms with Crippen molar-refractivity contribution < 1.29 is 4.74 Å². The van der Waals surface area contributed by atoms with Gasteiger partial charge in [0.2, 0.25) is 0 Å². The summed E-state index contributed by atoms with van der Waals surface area (Å²) in [5.74, 6) is 0. The van der Waals surface area contributed by atoms with Crippen LogP contribution in [0.1, 0.15) is 19.3 Å². The molecule has 118 valence electrons. The maximum absolute atomic E-state index is 12.2. The van der Waals surface area contributed by atoms with E-state index in [1.807, 2.05) is 19.0 Å². The molecule has 1 atom stereocenters. The first-order chi connectivity index (χ1) is 10.1. The molecule has 0 bridgehead atoms. The summed E-state index contributed by atoms with van der Waals surface area (Å²) in [4.78, 5) is 14.2. The lowest BCUT2D eigenvalue weighted by molar-refractivity contribution is 0.0247. The molecule has 1 N–H and O–H groups in total. The molecule has 0 aromatic carbocycles. The molecule has 0 amide bonds. The Balaban J connectivity index is 1.97. The lowest BCUT2D eigenvalue weighted by atomic mass is 10.1. The van der Waals surface area contributed by atoms with E-state index in [0.717, 1.165) is 31.7 Å². The molecule has 0 radical (unpaired) electrons. The number of hydrogen-bond acceptors (Lipinski definition) is 5. The van der Waals surface area contributed by atoms with Crippen LogP contribution in [0, 0.1) is 0 Å². The van der Waals surface area contributed by atoms with Gasteiger partial charge < -0.3 is 15.0 Å². The van der Waals surface area contributed by atoms with Gasteiger partial charge in [-0.1, -0.05) is 0 Å². The Morgan fingerprint density at radius 1 is 1.52 bits per heavy atom. The first kappa shape index (κ1) is 16.5.